The number of aryl methyl sites for hydroxylation is 2. The highest BCUT2D eigenvalue weighted by Gasteiger charge is 2.18. The van der Waals surface area contributed by atoms with Crippen LogP contribution in [0.5, 0.6) is 0 Å². The third-order valence-corrected chi connectivity index (χ3v) is 4.90. The number of anilines is 1. The quantitative estimate of drug-likeness (QED) is 0.604. The Hall–Kier alpha value is -2.50. The normalized spacial score (nSPS) is 11.2. The summed E-state index contributed by atoms with van der Waals surface area (Å²) in [7, 11) is -2.15. The molecule has 0 aliphatic heterocycles. The Morgan fingerprint density at radius 2 is 2.07 bits per heavy atom. The van der Waals surface area contributed by atoms with Gasteiger partial charge in [-0.1, -0.05) is 11.6 Å². The van der Waals surface area contributed by atoms with Crippen LogP contribution in [0.4, 0.5) is 5.82 Å². The van der Waals surface area contributed by atoms with E-state index in [1.807, 2.05) is 0 Å². The highest BCUT2D eigenvalue weighted by Crippen LogP contribution is 2.09. The predicted molar refractivity (Wildman–Crippen MR) is 96.6 cm³/mol. The molecule has 0 saturated heterocycles. The van der Waals surface area contributed by atoms with Gasteiger partial charge in [-0.25, -0.2) is 23.1 Å². The number of sulfonamides is 1. The number of hydrogen-bond acceptors (Lipinski definition) is 7. The monoisotopic (exact) mass is 415 g/mol. The topological polar surface area (TPSA) is 132 Å². The van der Waals surface area contributed by atoms with Crippen molar-refractivity contribution in [3.63, 3.8) is 0 Å². The molecule has 0 aliphatic rings. The molecule has 0 radical (unpaired) electrons. The summed E-state index contributed by atoms with van der Waals surface area (Å²) in [4.78, 5) is 31.1. The number of halogens is 1. The van der Waals surface area contributed by atoms with Gasteiger partial charge in [0.2, 0.25) is 0 Å². The predicted octanol–water partition coefficient (Wildman–Crippen LogP) is 0.627. The fourth-order valence-corrected chi connectivity index (χ4v) is 3.04. The molecule has 0 spiro atoms. The van der Waals surface area contributed by atoms with E-state index in [4.69, 9.17) is 16.3 Å². The number of pyridine rings is 1. The number of carbonyl (C=O) groups is 2. The van der Waals surface area contributed by atoms with Gasteiger partial charge in [0.05, 0.1) is 11.4 Å². The lowest BCUT2D eigenvalue weighted by Crippen LogP contribution is -2.28. The number of nitrogens with one attached hydrogen (secondary N) is 2. The molecule has 0 atom stereocenters. The molecule has 2 rings (SSSR count). The Labute approximate surface area is 161 Å². The van der Waals surface area contributed by atoms with Gasteiger partial charge in [-0.2, -0.15) is 0 Å². The Kier molecular flexibility index (Phi) is 6.88. The number of amides is 1. The van der Waals surface area contributed by atoms with E-state index >= 15 is 0 Å². The number of nitrogens with zero attached hydrogens (tertiary/aromatic N) is 3. The van der Waals surface area contributed by atoms with E-state index in [9.17, 15) is 18.0 Å². The largest absolute Gasteiger partial charge is 0.456 e. The number of ether oxygens (including phenoxy) is 1. The second kappa shape index (κ2) is 8.93. The first kappa shape index (κ1) is 20.8. The van der Waals surface area contributed by atoms with Gasteiger partial charge >= 0.3 is 5.97 Å². The van der Waals surface area contributed by atoms with Crippen molar-refractivity contribution in [2.24, 2.45) is 7.05 Å². The van der Waals surface area contributed by atoms with E-state index in [-0.39, 0.29) is 23.8 Å². The molecule has 10 nitrogen and oxygen atoms in total. The lowest BCUT2D eigenvalue weighted by Gasteiger charge is -2.07. The zero-order valence-electron chi connectivity index (χ0n) is 14.6. The van der Waals surface area contributed by atoms with Crippen molar-refractivity contribution >= 4 is 39.3 Å². The molecule has 0 saturated carbocycles. The minimum Gasteiger partial charge on any atom is -0.456 e. The van der Waals surface area contributed by atoms with Crippen molar-refractivity contribution in [3.05, 3.63) is 35.4 Å². The molecule has 2 N–H and O–H groups in total. The van der Waals surface area contributed by atoms with Crippen molar-refractivity contribution in [2.45, 2.75) is 18.4 Å². The molecule has 2 heterocycles. The number of hydrogen-bond donors (Lipinski definition) is 2. The van der Waals surface area contributed by atoms with Crippen molar-refractivity contribution in [3.8, 4) is 0 Å². The maximum atomic E-state index is 12.1. The van der Waals surface area contributed by atoms with Crippen LogP contribution in [0.2, 0.25) is 5.02 Å². The number of esters is 1. The lowest BCUT2D eigenvalue weighted by atomic mass is 10.4. The molecule has 1 amide bonds. The second-order valence-electron chi connectivity index (χ2n) is 5.46. The first-order chi connectivity index (χ1) is 12.7. The summed E-state index contributed by atoms with van der Waals surface area (Å²) in [6.07, 6.45) is 2.49. The highest BCUT2D eigenvalue weighted by atomic mass is 35.5. The summed E-state index contributed by atoms with van der Waals surface area (Å²) in [6, 6.07) is 3.04. The van der Waals surface area contributed by atoms with Crippen LogP contribution in [-0.4, -0.2) is 48.0 Å². The fourth-order valence-electron chi connectivity index (χ4n) is 1.86. The Morgan fingerprint density at radius 3 is 2.67 bits per heavy atom. The molecule has 0 aromatic carbocycles. The summed E-state index contributed by atoms with van der Waals surface area (Å²) in [6.45, 7) is 0.966. The van der Waals surface area contributed by atoms with Gasteiger partial charge in [-0.15, -0.1) is 0 Å². The minimum absolute atomic E-state index is 0.134. The first-order valence-electron chi connectivity index (χ1n) is 7.74. The summed E-state index contributed by atoms with van der Waals surface area (Å²) in [5, 5.41) is 2.71. The minimum atomic E-state index is -3.82. The van der Waals surface area contributed by atoms with E-state index in [0.717, 1.165) is 0 Å². The summed E-state index contributed by atoms with van der Waals surface area (Å²) >= 11 is 5.68. The van der Waals surface area contributed by atoms with Crippen molar-refractivity contribution in [2.75, 3.05) is 18.5 Å². The van der Waals surface area contributed by atoms with Crippen LogP contribution in [0, 0.1) is 6.92 Å². The van der Waals surface area contributed by atoms with E-state index in [1.54, 1.807) is 24.6 Å². The molecule has 0 unspecified atom stereocenters. The molecular weight excluding hydrogens is 398 g/mol. The summed E-state index contributed by atoms with van der Waals surface area (Å²) < 4.78 is 32.7. The van der Waals surface area contributed by atoms with Crippen LogP contribution in [-0.2, 0) is 31.4 Å². The van der Waals surface area contributed by atoms with Crippen molar-refractivity contribution in [1.29, 1.82) is 0 Å². The molecule has 27 heavy (non-hydrogen) atoms. The number of rotatable bonds is 8. The van der Waals surface area contributed by atoms with Gasteiger partial charge in [0, 0.05) is 26.0 Å². The van der Waals surface area contributed by atoms with Crippen molar-refractivity contribution < 1.29 is 22.7 Å². The number of aromatic nitrogens is 3. The molecule has 0 bridgehead atoms. The van der Waals surface area contributed by atoms with Gasteiger partial charge in [0.1, 0.15) is 11.6 Å². The molecular formula is C15H18ClN5O5S. The van der Waals surface area contributed by atoms with Gasteiger partial charge in [0.25, 0.3) is 15.9 Å². The van der Waals surface area contributed by atoms with E-state index in [0.29, 0.717) is 10.8 Å². The van der Waals surface area contributed by atoms with Gasteiger partial charge < -0.3 is 14.6 Å². The zero-order valence-corrected chi connectivity index (χ0v) is 16.2. The Balaban J connectivity index is 1.72. The highest BCUT2D eigenvalue weighted by molar-refractivity contribution is 7.89. The Morgan fingerprint density at radius 1 is 1.33 bits per heavy atom. The number of carbonyl (C=O) groups excluding carboxylic acids is 2. The standard InChI is InChI=1S/C15H18ClN5O5S/c1-10-19-14(8-21(10)2)27(24,25)18-6-5-15(23)26-9-13(22)20-12-4-3-11(16)7-17-12/h3-4,7-8,18H,5-6,9H2,1-2H3,(H,17,20,22). The van der Waals surface area contributed by atoms with Gasteiger partial charge in [-0.05, 0) is 19.1 Å². The van der Waals surface area contributed by atoms with E-state index in [1.165, 1.54) is 18.5 Å². The lowest BCUT2D eigenvalue weighted by molar-refractivity contribution is -0.147. The molecule has 0 fully saturated rings. The molecule has 2 aromatic heterocycles. The van der Waals surface area contributed by atoms with Crippen LogP contribution in [0.1, 0.15) is 12.2 Å². The van der Waals surface area contributed by atoms with Crippen LogP contribution in [0.25, 0.3) is 0 Å². The fraction of sp³-hybridized carbons (Fsp3) is 0.333. The molecule has 0 aliphatic carbocycles. The van der Waals surface area contributed by atoms with Crippen LogP contribution in [0.3, 0.4) is 0 Å². The van der Waals surface area contributed by atoms with Crippen LogP contribution in [0.15, 0.2) is 29.6 Å². The van der Waals surface area contributed by atoms with Crippen LogP contribution >= 0.6 is 11.6 Å². The summed E-state index contributed by atoms with van der Waals surface area (Å²) in [5.74, 6) is -0.508. The summed E-state index contributed by atoms with van der Waals surface area (Å²) in [5.41, 5.74) is 0. The zero-order chi connectivity index (χ0) is 20.0. The van der Waals surface area contributed by atoms with Gasteiger partial charge in [0.15, 0.2) is 11.6 Å². The SMILES string of the molecule is Cc1nc(S(=O)(=O)NCCC(=O)OCC(=O)Nc2ccc(Cl)cn2)cn1C. The average molecular weight is 416 g/mol. The third kappa shape index (κ3) is 6.31. The third-order valence-electron chi connectivity index (χ3n) is 3.34. The van der Waals surface area contributed by atoms with Gasteiger partial charge in [-0.3, -0.25) is 9.59 Å². The molecule has 12 heteroatoms. The van der Waals surface area contributed by atoms with E-state index < -0.39 is 28.5 Å². The van der Waals surface area contributed by atoms with E-state index in [2.05, 4.69) is 20.0 Å². The average Bonchev–Trinajstić information content (AvgIpc) is 2.95. The van der Waals surface area contributed by atoms with Crippen LogP contribution < -0.4 is 10.0 Å². The molecule has 2 aromatic rings. The smallest absolute Gasteiger partial charge is 0.307 e. The molecule has 146 valence electrons. The van der Waals surface area contributed by atoms with Crippen molar-refractivity contribution in [1.82, 2.24) is 19.3 Å². The maximum Gasteiger partial charge on any atom is 0.307 e. The maximum absolute atomic E-state index is 12.1. The number of imidazole rings is 1. The Bertz CT molecular complexity index is 907. The second-order valence-corrected chi connectivity index (χ2v) is 7.61. The first-order valence-corrected chi connectivity index (χ1v) is 9.60.